The van der Waals surface area contributed by atoms with Crippen LogP contribution in [0.4, 0.5) is 0 Å². The summed E-state index contributed by atoms with van der Waals surface area (Å²) < 4.78 is 5.74. The molecule has 0 aliphatic rings. The highest BCUT2D eigenvalue weighted by molar-refractivity contribution is 6.04. The van der Waals surface area contributed by atoms with E-state index in [2.05, 4.69) is 29.5 Å². The van der Waals surface area contributed by atoms with Crippen LogP contribution in [0.5, 0.6) is 5.75 Å². The van der Waals surface area contributed by atoms with Crippen molar-refractivity contribution in [1.82, 2.24) is 5.23 Å². The highest BCUT2D eigenvalue weighted by Gasteiger charge is 1.96. The van der Waals surface area contributed by atoms with Crippen molar-refractivity contribution in [3.8, 4) is 5.75 Å². The molecule has 0 atom stereocenters. The summed E-state index contributed by atoms with van der Waals surface area (Å²) in [7, 11) is 1.97. The molecule has 3 heteroatoms. The largest absolute Gasteiger partial charge is 0.489 e. The lowest BCUT2D eigenvalue weighted by Crippen LogP contribution is -2.12. The summed E-state index contributed by atoms with van der Waals surface area (Å²) in [6, 6.07) is 18.5. The van der Waals surface area contributed by atoms with Crippen LogP contribution < -0.4 is 9.96 Å². The molecule has 0 saturated heterocycles. The van der Waals surface area contributed by atoms with Crippen LogP contribution >= 0.6 is 0 Å². The minimum absolute atomic E-state index is 0.622. The Kier molecular flexibility index (Phi) is 4.85. The number of hydrogen-bond donors (Lipinski definition) is 1. The fraction of sp³-hybridized carbons (Fsp3) is 0.200. The highest BCUT2D eigenvalue weighted by atomic mass is 16.5. The van der Waals surface area contributed by atoms with E-state index >= 15 is 0 Å². The van der Waals surface area contributed by atoms with E-state index in [0.29, 0.717) is 6.61 Å². The van der Waals surface area contributed by atoms with Crippen LogP contribution in [-0.2, 0) is 13.0 Å². The SMILES string of the molecule is BNCCc1ccc(OCc2ccccc2)cc1. The van der Waals surface area contributed by atoms with Gasteiger partial charge in [0.1, 0.15) is 12.4 Å². The van der Waals surface area contributed by atoms with Crippen LogP contribution in [0.3, 0.4) is 0 Å². The third kappa shape index (κ3) is 3.93. The first-order valence-electron chi connectivity index (χ1n) is 6.29. The van der Waals surface area contributed by atoms with Gasteiger partial charge in [-0.15, -0.1) is 0 Å². The fourth-order valence-electron chi connectivity index (χ4n) is 1.76. The van der Waals surface area contributed by atoms with Crippen LogP contribution in [0.2, 0.25) is 0 Å². The standard InChI is InChI=1S/C15H18BNO/c16-17-11-10-13-6-8-15(9-7-13)18-12-14-4-2-1-3-5-14/h1-9,17H,10-12,16H2. The maximum atomic E-state index is 5.74. The molecular weight excluding hydrogens is 221 g/mol. The quantitative estimate of drug-likeness (QED) is 0.778. The molecule has 0 unspecified atom stereocenters. The normalized spacial score (nSPS) is 10.2. The lowest BCUT2D eigenvalue weighted by molar-refractivity contribution is 0.306. The summed E-state index contributed by atoms with van der Waals surface area (Å²) in [5.74, 6) is 0.923. The number of nitrogens with one attached hydrogen (secondary N) is 1. The second-order valence-electron chi connectivity index (χ2n) is 4.27. The van der Waals surface area contributed by atoms with Gasteiger partial charge in [-0.1, -0.05) is 42.5 Å². The van der Waals surface area contributed by atoms with Crippen molar-refractivity contribution in [2.75, 3.05) is 6.54 Å². The molecule has 2 aromatic rings. The van der Waals surface area contributed by atoms with Gasteiger partial charge in [-0.05, 0) is 36.2 Å². The van der Waals surface area contributed by atoms with Gasteiger partial charge < -0.3 is 9.96 Å². The predicted molar refractivity (Wildman–Crippen MR) is 77.5 cm³/mol. The van der Waals surface area contributed by atoms with Gasteiger partial charge in [-0.3, -0.25) is 0 Å². The number of hydrogen-bond acceptors (Lipinski definition) is 2. The lowest BCUT2D eigenvalue weighted by atomic mass is 10.1. The Morgan fingerprint density at radius 1 is 0.889 bits per heavy atom. The van der Waals surface area contributed by atoms with Gasteiger partial charge in [0.05, 0.1) is 0 Å². The van der Waals surface area contributed by atoms with Crippen molar-refractivity contribution in [2.24, 2.45) is 0 Å². The van der Waals surface area contributed by atoms with Gasteiger partial charge in [0.25, 0.3) is 0 Å². The summed E-state index contributed by atoms with van der Waals surface area (Å²) >= 11 is 0. The van der Waals surface area contributed by atoms with Gasteiger partial charge >= 0.3 is 0 Å². The average Bonchev–Trinajstić information content (AvgIpc) is 2.45. The average molecular weight is 239 g/mol. The number of rotatable bonds is 6. The Bertz CT molecular complexity index is 456. The van der Waals surface area contributed by atoms with Crippen molar-refractivity contribution in [3.05, 3.63) is 65.7 Å². The van der Waals surface area contributed by atoms with E-state index in [4.69, 9.17) is 4.74 Å². The first-order chi connectivity index (χ1) is 8.88. The van der Waals surface area contributed by atoms with Crippen molar-refractivity contribution in [3.63, 3.8) is 0 Å². The maximum absolute atomic E-state index is 5.74. The van der Waals surface area contributed by atoms with E-state index in [1.165, 1.54) is 11.1 Å². The fourth-order valence-corrected chi connectivity index (χ4v) is 1.76. The predicted octanol–water partition coefficient (Wildman–Crippen LogP) is 1.95. The van der Waals surface area contributed by atoms with Crippen molar-refractivity contribution < 1.29 is 4.74 Å². The summed E-state index contributed by atoms with van der Waals surface area (Å²) in [4.78, 5) is 0. The molecule has 0 radical (unpaired) electrons. The zero-order chi connectivity index (χ0) is 12.6. The molecule has 0 heterocycles. The van der Waals surface area contributed by atoms with Crippen LogP contribution in [0.15, 0.2) is 54.6 Å². The molecule has 0 aromatic heterocycles. The summed E-state index contributed by atoms with van der Waals surface area (Å²) in [6.45, 7) is 1.63. The van der Waals surface area contributed by atoms with Crippen LogP contribution in [-0.4, -0.2) is 14.5 Å². The van der Waals surface area contributed by atoms with Crippen molar-refractivity contribution >= 4 is 7.98 Å². The first kappa shape index (κ1) is 12.7. The molecule has 0 aliphatic carbocycles. The third-order valence-corrected chi connectivity index (χ3v) is 2.84. The summed E-state index contributed by atoms with van der Waals surface area (Å²) in [6.07, 6.45) is 1.05. The molecule has 2 rings (SSSR count). The molecule has 0 bridgehead atoms. The van der Waals surface area contributed by atoms with Crippen LogP contribution in [0.1, 0.15) is 11.1 Å². The van der Waals surface area contributed by atoms with Crippen molar-refractivity contribution in [2.45, 2.75) is 13.0 Å². The minimum Gasteiger partial charge on any atom is -0.489 e. The molecule has 2 aromatic carbocycles. The van der Waals surface area contributed by atoms with Gasteiger partial charge in [0.2, 0.25) is 0 Å². The number of ether oxygens (including phenoxy) is 1. The highest BCUT2D eigenvalue weighted by Crippen LogP contribution is 2.14. The molecule has 0 amide bonds. The Morgan fingerprint density at radius 3 is 2.28 bits per heavy atom. The van der Waals surface area contributed by atoms with E-state index in [-0.39, 0.29) is 0 Å². The second kappa shape index (κ2) is 6.87. The molecule has 92 valence electrons. The van der Waals surface area contributed by atoms with Gasteiger partial charge in [-0.2, -0.15) is 0 Å². The minimum atomic E-state index is 0.622. The first-order valence-corrected chi connectivity index (χ1v) is 6.29. The molecule has 1 N–H and O–H groups in total. The van der Waals surface area contributed by atoms with Crippen LogP contribution in [0.25, 0.3) is 0 Å². The second-order valence-corrected chi connectivity index (χ2v) is 4.27. The molecule has 2 nitrogen and oxygen atoms in total. The van der Waals surface area contributed by atoms with Gasteiger partial charge in [0.15, 0.2) is 7.98 Å². The van der Waals surface area contributed by atoms with E-state index in [1.807, 2.05) is 38.3 Å². The van der Waals surface area contributed by atoms with E-state index in [0.717, 1.165) is 18.7 Å². The molecule has 0 aliphatic heterocycles. The molecule has 0 spiro atoms. The molecular formula is C15H18BNO. The maximum Gasteiger partial charge on any atom is 0.181 e. The molecule has 0 saturated carbocycles. The van der Waals surface area contributed by atoms with Crippen molar-refractivity contribution in [1.29, 1.82) is 0 Å². The lowest BCUT2D eigenvalue weighted by Gasteiger charge is -2.07. The van der Waals surface area contributed by atoms with Gasteiger partial charge in [-0.25, -0.2) is 0 Å². The Balaban J connectivity index is 1.86. The summed E-state index contributed by atoms with van der Waals surface area (Å²) in [5, 5.41) is 3.15. The topological polar surface area (TPSA) is 21.3 Å². The van der Waals surface area contributed by atoms with E-state index in [1.54, 1.807) is 0 Å². The van der Waals surface area contributed by atoms with E-state index < -0.39 is 0 Å². The van der Waals surface area contributed by atoms with E-state index in [9.17, 15) is 0 Å². The monoisotopic (exact) mass is 239 g/mol. The Hall–Kier alpha value is -1.74. The third-order valence-electron chi connectivity index (χ3n) is 2.84. The Morgan fingerprint density at radius 2 is 1.61 bits per heavy atom. The zero-order valence-corrected chi connectivity index (χ0v) is 10.7. The zero-order valence-electron chi connectivity index (χ0n) is 10.7. The van der Waals surface area contributed by atoms with Crippen LogP contribution in [0, 0.1) is 0 Å². The Labute approximate surface area is 109 Å². The molecule has 0 fully saturated rings. The smallest absolute Gasteiger partial charge is 0.181 e. The number of benzene rings is 2. The summed E-state index contributed by atoms with van der Waals surface area (Å²) in [5.41, 5.74) is 2.52. The van der Waals surface area contributed by atoms with Gasteiger partial charge in [0, 0.05) is 0 Å². The molecule has 18 heavy (non-hydrogen) atoms.